The minimum absolute atomic E-state index is 0.00218. The van der Waals surface area contributed by atoms with Crippen LogP contribution in [0.4, 0.5) is 0 Å². The Morgan fingerprint density at radius 3 is 2.73 bits per heavy atom. The zero-order valence-electron chi connectivity index (χ0n) is 14.5. The van der Waals surface area contributed by atoms with E-state index < -0.39 is 6.10 Å². The first-order valence-corrected chi connectivity index (χ1v) is 9.17. The summed E-state index contributed by atoms with van der Waals surface area (Å²) in [7, 11) is 1.63. The molecule has 0 aliphatic rings. The van der Waals surface area contributed by atoms with Gasteiger partial charge in [0.1, 0.15) is 17.6 Å². The highest BCUT2D eigenvalue weighted by Crippen LogP contribution is 2.28. The summed E-state index contributed by atoms with van der Waals surface area (Å²) >= 11 is 1.46. The van der Waals surface area contributed by atoms with Crippen molar-refractivity contribution in [2.75, 3.05) is 7.11 Å². The number of methoxy groups -OCH3 is 1. The van der Waals surface area contributed by atoms with Crippen LogP contribution in [0.25, 0.3) is 0 Å². The number of ether oxygens (including phenoxy) is 1. The number of aryl methyl sites for hydroxylation is 1. The van der Waals surface area contributed by atoms with Crippen molar-refractivity contribution in [3.05, 3.63) is 75.9 Å². The molecule has 3 aromatic rings. The van der Waals surface area contributed by atoms with Gasteiger partial charge in [-0.15, -0.1) is 11.3 Å². The Morgan fingerprint density at radius 2 is 2.04 bits per heavy atom. The first-order chi connectivity index (χ1) is 12.7. The average Bonchev–Trinajstić information content (AvgIpc) is 3.36. The van der Waals surface area contributed by atoms with E-state index in [0.29, 0.717) is 25.1 Å². The van der Waals surface area contributed by atoms with E-state index in [-0.39, 0.29) is 5.91 Å². The Bertz CT molecular complexity index is 824. The molecule has 1 atom stereocenters. The van der Waals surface area contributed by atoms with Gasteiger partial charge < -0.3 is 19.6 Å². The highest BCUT2D eigenvalue weighted by molar-refractivity contribution is 7.12. The summed E-state index contributed by atoms with van der Waals surface area (Å²) in [5, 5.41) is 13.2. The summed E-state index contributed by atoms with van der Waals surface area (Å²) in [5.74, 6) is 1.33. The highest BCUT2D eigenvalue weighted by Gasteiger charge is 2.15. The second-order valence-electron chi connectivity index (χ2n) is 5.85. The van der Waals surface area contributed by atoms with Gasteiger partial charge in [0.15, 0.2) is 0 Å². The van der Waals surface area contributed by atoms with Gasteiger partial charge in [0, 0.05) is 16.2 Å². The maximum absolute atomic E-state index is 12.0. The largest absolute Gasteiger partial charge is 0.497 e. The van der Waals surface area contributed by atoms with Crippen molar-refractivity contribution >= 4 is 17.2 Å². The molecule has 26 heavy (non-hydrogen) atoms. The first kappa shape index (κ1) is 18.2. The summed E-state index contributed by atoms with van der Waals surface area (Å²) < 4.78 is 10.3. The number of furan rings is 1. The lowest BCUT2D eigenvalue weighted by Crippen LogP contribution is -2.22. The van der Waals surface area contributed by atoms with E-state index in [9.17, 15) is 9.90 Å². The molecule has 0 radical (unpaired) electrons. The zero-order chi connectivity index (χ0) is 18.4. The van der Waals surface area contributed by atoms with Crippen molar-refractivity contribution in [1.29, 1.82) is 0 Å². The van der Waals surface area contributed by atoms with E-state index in [0.717, 1.165) is 21.1 Å². The van der Waals surface area contributed by atoms with Gasteiger partial charge in [0.2, 0.25) is 5.91 Å². The number of carbonyl (C=O) groups excluding carboxylic acids is 1. The second-order valence-corrected chi connectivity index (χ2v) is 7.05. The van der Waals surface area contributed by atoms with Crippen LogP contribution in [0.2, 0.25) is 0 Å². The SMILES string of the molecule is COc1ccc(CCC(=O)NCc2ccc(C(O)c3ccco3)s2)cc1. The number of hydrogen-bond donors (Lipinski definition) is 2. The predicted molar refractivity (Wildman–Crippen MR) is 100 cm³/mol. The molecule has 0 saturated carbocycles. The van der Waals surface area contributed by atoms with Gasteiger partial charge in [-0.25, -0.2) is 0 Å². The average molecular weight is 371 g/mol. The van der Waals surface area contributed by atoms with Crippen LogP contribution in [0.1, 0.15) is 33.6 Å². The molecule has 5 nitrogen and oxygen atoms in total. The molecule has 0 spiro atoms. The third-order valence-electron chi connectivity index (χ3n) is 4.02. The Kier molecular flexibility index (Phi) is 6.09. The Hall–Kier alpha value is -2.57. The standard InChI is InChI=1S/C20H21NO4S/c1-24-15-7-4-14(5-8-15)6-11-19(22)21-13-16-9-10-18(26-16)20(23)17-3-2-12-25-17/h2-5,7-10,12,20,23H,6,11,13H2,1H3,(H,21,22). The Labute approximate surface area is 156 Å². The van der Waals surface area contributed by atoms with E-state index >= 15 is 0 Å². The molecule has 2 heterocycles. The number of amides is 1. The maximum atomic E-state index is 12.0. The number of aliphatic hydroxyl groups is 1. The predicted octanol–water partition coefficient (Wildman–Crippen LogP) is 3.68. The van der Waals surface area contributed by atoms with E-state index in [4.69, 9.17) is 9.15 Å². The first-order valence-electron chi connectivity index (χ1n) is 8.35. The summed E-state index contributed by atoms with van der Waals surface area (Å²) in [6.45, 7) is 0.455. The van der Waals surface area contributed by atoms with Crippen molar-refractivity contribution in [3.63, 3.8) is 0 Å². The fraction of sp³-hybridized carbons (Fsp3) is 0.250. The topological polar surface area (TPSA) is 71.7 Å². The van der Waals surface area contributed by atoms with Crippen LogP contribution in [-0.2, 0) is 17.8 Å². The van der Waals surface area contributed by atoms with E-state index in [1.54, 1.807) is 19.2 Å². The molecule has 1 aromatic carbocycles. The van der Waals surface area contributed by atoms with E-state index in [1.165, 1.54) is 17.6 Å². The molecule has 0 fully saturated rings. The molecular weight excluding hydrogens is 350 g/mol. The normalized spacial score (nSPS) is 11.9. The number of benzene rings is 1. The molecular formula is C20H21NO4S. The maximum Gasteiger partial charge on any atom is 0.220 e. The summed E-state index contributed by atoms with van der Waals surface area (Å²) in [6.07, 6.45) is 1.88. The summed E-state index contributed by atoms with van der Waals surface area (Å²) in [6, 6.07) is 15.0. The van der Waals surface area contributed by atoms with Crippen LogP contribution in [-0.4, -0.2) is 18.1 Å². The number of nitrogens with one attached hydrogen (secondary N) is 1. The van der Waals surface area contributed by atoms with Crippen molar-refractivity contribution in [2.45, 2.75) is 25.5 Å². The van der Waals surface area contributed by atoms with Gasteiger partial charge in [0.05, 0.1) is 19.9 Å². The van der Waals surface area contributed by atoms with Gasteiger partial charge in [-0.2, -0.15) is 0 Å². The lowest BCUT2D eigenvalue weighted by molar-refractivity contribution is -0.121. The van der Waals surface area contributed by atoms with Crippen molar-refractivity contribution in [2.24, 2.45) is 0 Å². The van der Waals surface area contributed by atoms with Gasteiger partial charge in [-0.1, -0.05) is 12.1 Å². The minimum Gasteiger partial charge on any atom is -0.497 e. The number of rotatable bonds is 8. The number of aliphatic hydroxyl groups excluding tert-OH is 1. The molecule has 6 heteroatoms. The molecule has 1 unspecified atom stereocenters. The zero-order valence-corrected chi connectivity index (χ0v) is 15.3. The number of hydrogen-bond acceptors (Lipinski definition) is 5. The van der Waals surface area contributed by atoms with Crippen LogP contribution < -0.4 is 10.1 Å². The van der Waals surface area contributed by atoms with Crippen LogP contribution >= 0.6 is 11.3 Å². The molecule has 2 aromatic heterocycles. The van der Waals surface area contributed by atoms with Crippen LogP contribution in [0.5, 0.6) is 5.75 Å². The molecule has 0 saturated heterocycles. The Morgan fingerprint density at radius 1 is 1.23 bits per heavy atom. The molecule has 136 valence electrons. The number of thiophene rings is 1. The fourth-order valence-electron chi connectivity index (χ4n) is 2.55. The second kappa shape index (κ2) is 8.69. The quantitative estimate of drug-likeness (QED) is 0.634. The van der Waals surface area contributed by atoms with Gasteiger partial charge in [0.25, 0.3) is 0 Å². The summed E-state index contributed by atoms with van der Waals surface area (Å²) in [4.78, 5) is 13.8. The third-order valence-corrected chi connectivity index (χ3v) is 5.16. The smallest absolute Gasteiger partial charge is 0.220 e. The van der Waals surface area contributed by atoms with Crippen molar-refractivity contribution in [1.82, 2.24) is 5.32 Å². The number of carbonyl (C=O) groups is 1. The van der Waals surface area contributed by atoms with Crippen LogP contribution in [0.3, 0.4) is 0 Å². The summed E-state index contributed by atoms with van der Waals surface area (Å²) in [5.41, 5.74) is 1.10. The van der Waals surface area contributed by atoms with Gasteiger partial charge in [-0.3, -0.25) is 4.79 Å². The van der Waals surface area contributed by atoms with Crippen LogP contribution in [0.15, 0.2) is 59.2 Å². The lowest BCUT2D eigenvalue weighted by atomic mass is 10.1. The molecule has 2 N–H and O–H groups in total. The van der Waals surface area contributed by atoms with E-state index in [2.05, 4.69) is 5.32 Å². The van der Waals surface area contributed by atoms with Gasteiger partial charge >= 0.3 is 0 Å². The highest BCUT2D eigenvalue weighted by atomic mass is 32.1. The molecule has 0 aliphatic heterocycles. The third kappa shape index (κ3) is 4.74. The molecule has 0 bridgehead atoms. The van der Waals surface area contributed by atoms with Crippen LogP contribution in [0, 0.1) is 0 Å². The molecule has 0 aliphatic carbocycles. The van der Waals surface area contributed by atoms with Crippen molar-refractivity contribution < 1.29 is 19.1 Å². The monoisotopic (exact) mass is 371 g/mol. The Balaban J connectivity index is 1.45. The fourth-order valence-corrected chi connectivity index (χ4v) is 3.49. The minimum atomic E-state index is -0.769. The molecule has 3 rings (SSSR count). The van der Waals surface area contributed by atoms with Gasteiger partial charge in [-0.05, 0) is 48.4 Å². The van der Waals surface area contributed by atoms with E-state index in [1.807, 2.05) is 36.4 Å². The van der Waals surface area contributed by atoms with Crippen molar-refractivity contribution in [3.8, 4) is 5.75 Å². The molecule has 1 amide bonds. The lowest BCUT2D eigenvalue weighted by Gasteiger charge is -2.06.